The normalized spacial score (nSPS) is 20.2. The van der Waals surface area contributed by atoms with Crippen LogP contribution in [0.4, 0.5) is 0 Å². The van der Waals surface area contributed by atoms with Gasteiger partial charge < -0.3 is 14.6 Å². The Kier molecular flexibility index (Phi) is 5.50. The lowest BCUT2D eigenvalue weighted by Gasteiger charge is -2.31. The van der Waals surface area contributed by atoms with Crippen LogP contribution in [0.5, 0.6) is 0 Å². The highest BCUT2D eigenvalue weighted by Crippen LogP contribution is 2.32. The molecule has 144 valence electrons. The quantitative estimate of drug-likeness (QED) is 0.778. The fourth-order valence-corrected chi connectivity index (χ4v) is 3.56. The first kappa shape index (κ1) is 18.1. The van der Waals surface area contributed by atoms with Crippen LogP contribution in [-0.4, -0.2) is 35.3 Å². The first-order valence-electron chi connectivity index (χ1n) is 9.70. The molecule has 1 aliphatic carbocycles. The van der Waals surface area contributed by atoms with Gasteiger partial charge in [-0.05, 0) is 44.1 Å². The van der Waals surface area contributed by atoms with Gasteiger partial charge in [-0.15, -0.1) is 0 Å². The van der Waals surface area contributed by atoms with E-state index in [0.29, 0.717) is 31.0 Å². The van der Waals surface area contributed by atoms with Gasteiger partial charge in [0.15, 0.2) is 5.82 Å². The Balaban J connectivity index is 1.61. The van der Waals surface area contributed by atoms with E-state index in [1.165, 1.54) is 0 Å². The molecule has 1 saturated carbocycles. The van der Waals surface area contributed by atoms with Gasteiger partial charge in [-0.2, -0.15) is 4.98 Å². The number of aromatic nitrogens is 2. The van der Waals surface area contributed by atoms with Crippen molar-refractivity contribution in [3.05, 3.63) is 47.6 Å². The zero-order chi connectivity index (χ0) is 18.6. The minimum absolute atomic E-state index is 0.00278. The van der Waals surface area contributed by atoms with Crippen LogP contribution in [-0.2, 0) is 9.53 Å². The highest BCUT2D eigenvalue weighted by molar-refractivity contribution is 5.83. The molecule has 7 nitrogen and oxygen atoms in total. The number of hydrogen-bond donors (Lipinski definition) is 2. The van der Waals surface area contributed by atoms with Gasteiger partial charge >= 0.3 is 0 Å². The first-order valence-corrected chi connectivity index (χ1v) is 9.70. The van der Waals surface area contributed by atoms with Crippen molar-refractivity contribution in [1.82, 2.24) is 20.8 Å². The Morgan fingerprint density at radius 1 is 1.15 bits per heavy atom. The number of benzene rings is 1. The number of hydrogen-bond acceptors (Lipinski definition) is 6. The molecule has 7 heteroatoms. The molecule has 1 saturated heterocycles. The molecule has 1 amide bonds. The zero-order valence-corrected chi connectivity index (χ0v) is 15.6. The monoisotopic (exact) mass is 370 g/mol. The second kappa shape index (κ2) is 8.19. The van der Waals surface area contributed by atoms with E-state index >= 15 is 0 Å². The Labute approximate surface area is 158 Å². The van der Waals surface area contributed by atoms with Crippen molar-refractivity contribution in [2.24, 2.45) is 5.92 Å². The standard InChI is InChI=1S/C20H26N4O3/c1-13-21-20(27-24-13)18(15-9-11-26-12-10-15)23-17(14-5-3-2-4-6-14)19(25)22-16-7-8-16/h2-6,15-18,23H,7-12H2,1H3,(H,22,25)/t17-,18-/m1/s1. The van der Waals surface area contributed by atoms with Gasteiger partial charge in [-0.3, -0.25) is 10.1 Å². The van der Waals surface area contributed by atoms with Crippen LogP contribution in [0.25, 0.3) is 0 Å². The van der Waals surface area contributed by atoms with Crippen LogP contribution in [0.3, 0.4) is 0 Å². The van der Waals surface area contributed by atoms with E-state index in [9.17, 15) is 4.79 Å². The van der Waals surface area contributed by atoms with Gasteiger partial charge in [-0.1, -0.05) is 35.5 Å². The van der Waals surface area contributed by atoms with E-state index in [4.69, 9.17) is 9.26 Å². The van der Waals surface area contributed by atoms with E-state index in [-0.39, 0.29) is 17.9 Å². The number of carbonyl (C=O) groups excluding carboxylic acids is 1. The van der Waals surface area contributed by atoms with Gasteiger partial charge in [0.05, 0.1) is 6.04 Å². The maximum absolute atomic E-state index is 13.0. The second-order valence-electron chi connectivity index (χ2n) is 7.40. The van der Waals surface area contributed by atoms with E-state index < -0.39 is 6.04 Å². The van der Waals surface area contributed by atoms with Gasteiger partial charge in [0.2, 0.25) is 11.8 Å². The summed E-state index contributed by atoms with van der Waals surface area (Å²) in [6.07, 6.45) is 3.90. The predicted molar refractivity (Wildman–Crippen MR) is 98.8 cm³/mol. The Hall–Kier alpha value is -2.25. The molecular weight excluding hydrogens is 344 g/mol. The van der Waals surface area contributed by atoms with Crippen molar-refractivity contribution < 1.29 is 14.1 Å². The Morgan fingerprint density at radius 2 is 1.89 bits per heavy atom. The number of rotatable bonds is 7. The summed E-state index contributed by atoms with van der Waals surface area (Å²) in [7, 11) is 0. The van der Waals surface area contributed by atoms with E-state index in [1.54, 1.807) is 0 Å². The Bertz CT molecular complexity index is 754. The number of nitrogens with one attached hydrogen (secondary N) is 2. The van der Waals surface area contributed by atoms with Gasteiger partial charge in [0.1, 0.15) is 6.04 Å². The van der Waals surface area contributed by atoms with Crippen LogP contribution < -0.4 is 10.6 Å². The molecule has 0 spiro atoms. The molecule has 1 aromatic heterocycles. The highest BCUT2D eigenvalue weighted by atomic mass is 16.5. The topological polar surface area (TPSA) is 89.3 Å². The Morgan fingerprint density at radius 3 is 2.52 bits per heavy atom. The largest absolute Gasteiger partial charge is 0.381 e. The summed E-state index contributed by atoms with van der Waals surface area (Å²) in [6.45, 7) is 3.23. The van der Waals surface area contributed by atoms with Gasteiger partial charge in [0.25, 0.3) is 0 Å². The lowest BCUT2D eigenvalue weighted by atomic mass is 9.90. The molecule has 2 N–H and O–H groups in total. The number of carbonyl (C=O) groups is 1. The number of aryl methyl sites for hydroxylation is 1. The molecule has 4 rings (SSSR count). The van der Waals surface area contributed by atoms with Gasteiger partial charge in [-0.25, -0.2) is 0 Å². The van der Waals surface area contributed by atoms with Crippen LogP contribution in [0.15, 0.2) is 34.9 Å². The number of nitrogens with zero attached hydrogens (tertiary/aromatic N) is 2. The summed E-state index contributed by atoms with van der Waals surface area (Å²) >= 11 is 0. The van der Waals surface area contributed by atoms with E-state index in [0.717, 1.165) is 31.2 Å². The third kappa shape index (κ3) is 4.54. The molecule has 1 aromatic carbocycles. The first-order chi connectivity index (χ1) is 13.2. The molecule has 1 aliphatic heterocycles. The predicted octanol–water partition coefficient (Wildman–Crippen LogP) is 2.46. The third-order valence-corrected chi connectivity index (χ3v) is 5.21. The number of ether oxygens (including phenoxy) is 1. The molecule has 0 bridgehead atoms. The fourth-order valence-electron chi connectivity index (χ4n) is 3.56. The second-order valence-corrected chi connectivity index (χ2v) is 7.40. The fraction of sp³-hybridized carbons (Fsp3) is 0.550. The zero-order valence-electron chi connectivity index (χ0n) is 15.6. The summed E-state index contributed by atoms with van der Waals surface area (Å²) in [5.74, 6) is 1.41. The summed E-state index contributed by atoms with van der Waals surface area (Å²) < 4.78 is 11.0. The molecule has 0 radical (unpaired) electrons. The lowest BCUT2D eigenvalue weighted by Crippen LogP contribution is -2.43. The van der Waals surface area contributed by atoms with Gasteiger partial charge in [0, 0.05) is 19.3 Å². The van der Waals surface area contributed by atoms with E-state index in [1.807, 2.05) is 37.3 Å². The van der Waals surface area contributed by atoms with Crippen LogP contribution in [0.1, 0.15) is 55.0 Å². The highest BCUT2D eigenvalue weighted by Gasteiger charge is 2.35. The van der Waals surface area contributed by atoms with Crippen LogP contribution >= 0.6 is 0 Å². The maximum atomic E-state index is 13.0. The average Bonchev–Trinajstić information content (AvgIpc) is 3.41. The summed E-state index contributed by atoms with van der Waals surface area (Å²) in [4.78, 5) is 17.4. The molecule has 27 heavy (non-hydrogen) atoms. The smallest absolute Gasteiger partial charge is 0.244 e. The van der Waals surface area contributed by atoms with Crippen molar-refractivity contribution in [3.8, 4) is 0 Å². The molecule has 2 aliphatic rings. The van der Waals surface area contributed by atoms with Crippen molar-refractivity contribution >= 4 is 5.91 Å². The number of amides is 1. The van der Waals surface area contributed by atoms with Crippen molar-refractivity contribution in [2.75, 3.05) is 13.2 Å². The van der Waals surface area contributed by atoms with Crippen molar-refractivity contribution in [1.29, 1.82) is 0 Å². The summed E-state index contributed by atoms with van der Waals surface area (Å²) in [5.41, 5.74) is 0.934. The molecule has 0 unspecified atom stereocenters. The minimum Gasteiger partial charge on any atom is -0.381 e. The van der Waals surface area contributed by atoms with Crippen molar-refractivity contribution in [3.63, 3.8) is 0 Å². The summed E-state index contributed by atoms with van der Waals surface area (Å²) in [6, 6.07) is 9.46. The maximum Gasteiger partial charge on any atom is 0.244 e. The average molecular weight is 370 g/mol. The molecule has 2 atom stereocenters. The van der Waals surface area contributed by atoms with E-state index in [2.05, 4.69) is 20.8 Å². The lowest BCUT2D eigenvalue weighted by molar-refractivity contribution is -0.124. The van der Waals surface area contributed by atoms with Crippen LogP contribution in [0.2, 0.25) is 0 Å². The minimum atomic E-state index is -0.466. The molecule has 2 heterocycles. The van der Waals surface area contributed by atoms with Crippen LogP contribution in [0, 0.1) is 12.8 Å². The molecular formula is C20H26N4O3. The summed E-state index contributed by atoms with van der Waals surface area (Å²) in [5, 5.41) is 10.6. The molecule has 2 aromatic rings. The van der Waals surface area contributed by atoms with Crippen molar-refractivity contribution in [2.45, 2.75) is 50.7 Å². The SMILES string of the molecule is Cc1noc([C@H](N[C@@H](C(=O)NC2CC2)c2ccccc2)C2CCOCC2)n1. The molecule has 2 fully saturated rings. The third-order valence-electron chi connectivity index (χ3n) is 5.21.